The molecule has 2 aromatic rings. The topological polar surface area (TPSA) is 70.1 Å². The lowest BCUT2D eigenvalue weighted by Crippen LogP contribution is -2.39. The second-order valence-electron chi connectivity index (χ2n) is 5.72. The van der Waals surface area contributed by atoms with Crippen molar-refractivity contribution in [3.05, 3.63) is 58.6 Å². The lowest BCUT2D eigenvalue weighted by Gasteiger charge is -2.21. The van der Waals surface area contributed by atoms with Gasteiger partial charge in [-0.3, -0.25) is 4.90 Å². The van der Waals surface area contributed by atoms with E-state index in [1.54, 1.807) is 31.4 Å². The highest BCUT2D eigenvalue weighted by Crippen LogP contribution is 2.28. The van der Waals surface area contributed by atoms with Gasteiger partial charge in [-0.15, -0.1) is 0 Å². The number of hydrogen-bond acceptors (Lipinski definition) is 3. The van der Waals surface area contributed by atoms with Crippen LogP contribution >= 0.6 is 15.9 Å². The number of halogens is 1. The number of nitrogens with zero attached hydrogens (tertiary/aromatic N) is 2. The maximum absolute atomic E-state index is 12.8. The highest BCUT2D eigenvalue weighted by molar-refractivity contribution is 9.10. The Kier molecular flexibility index (Phi) is 4.94. The largest absolute Gasteiger partial charge is 0.497 e. The van der Waals surface area contributed by atoms with Gasteiger partial charge in [0, 0.05) is 16.7 Å². The quantitative estimate of drug-likeness (QED) is 0.829. The molecule has 2 amide bonds. The maximum Gasteiger partial charge on any atom is 0.328 e. The van der Waals surface area contributed by atoms with Gasteiger partial charge in [-0.05, 0) is 42.0 Å². The monoisotopic (exact) mass is 404 g/mol. The third-order valence-corrected chi connectivity index (χ3v) is 4.61. The van der Waals surface area contributed by atoms with Crippen LogP contribution < -0.4 is 9.64 Å². The molecular formula is C18H17BrN2O4. The van der Waals surface area contributed by atoms with Crippen molar-refractivity contribution < 1.29 is 19.4 Å². The zero-order valence-corrected chi connectivity index (χ0v) is 15.1. The third-order valence-electron chi connectivity index (χ3n) is 4.08. The van der Waals surface area contributed by atoms with Crippen LogP contribution in [0.25, 0.3) is 0 Å². The van der Waals surface area contributed by atoms with Crippen LogP contribution in [0.1, 0.15) is 5.56 Å². The number of carbonyl (C=O) groups is 2. The first-order chi connectivity index (χ1) is 12.0. The highest BCUT2D eigenvalue weighted by Gasteiger charge is 2.42. The van der Waals surface area contributed by atoms with Gasteiger partial charge in [0.2, 0.25) is 0 Å². The molecule has 1 saturated heterocycles. The summed E-state index contributed by atoms with van der Waals surface area (Å²) in [7, 11) is 1.58. The maximum atomic E-state index is 12.8. The van der Waals surface area contributed by atoms with E-state index in [1.165, 1.54) is 9.80 Å². The molecule has 1 aliphatic heterocycles. The summed E-state index contributed by atoms with van der Waals surface area (Å²) in [5.74, 6) is -0.326. The second-order valence-corrected chi connectivity index (χ2v) is 6.63. The smallest absolute Gasteiger partial charge is 0.328 e. The molecule has 1 fully saturated rings. The number of carboxylic acid groups (broad SMARTS) is 1. The standard InChI is InChI=1S/C18H17BrN2O4/c1-25-15-4-2-3-12(9-15)10-20-11-16(17(22)23)21(18(20)24)14-7-5-13(19)6-8-14/h2-9,16H,10-11H2,1H3,(H,22,23). The van der Waals surface area contributed by atoms with Crippen LogP contribution in [-0.4, -0.2) is 41.7 Å². The molecule has 0 aliphatic carbocycles. The number of carboxylic acids is 1. The molecule has 25 heavy (non-hydrogen) atoms. The SMILES string of the molecule is COc1cccc(CN2CC(C(=O)O)N(c3ccc(Br)cc3)C2=O)c1. The number of anilines is 1. The van der Waals surface area contributed by atoms with Gasteiger partial charge in [0.05, 0.1) is 13.7 Å². The summed E-state index contributed by atoms with van der Waals surface area (Å²) in [6.45, 7) is 0.453. The fraction of sp³-hybridized carbons (Fsp3) is 0.222. The second kappa shape index (κ2) is 7.14. The summed E-state index contributed by atoms with van der Waals surface area (Å²) in [5.41, 5.74) is 1.45. The summed E-state index contributed by atoms with van der Waals surface area (Å²) in [5, 5.41) is 9.53. The Hall–Kier alpha value is -2.54. The molecular weight excluding hydrogens is 388 g/mol. The molecule has 7 heteroatoms. The van der Waals surface area contributed by atoms with E-state index in [-0.39, 0.29) is 12.6 Å². The molecule has 1 N–H and O–H groups in total. The lowest BCUT2D eigenvalue weighted by atomic mass is 10.2. The van der Waals surface area contributed by atoms with E-state index < -0.39 is 12.0 Å². The number of aliphatic carboxylic acids is 1. The van der Waals surface area contributed by atoms with E-state index in [9.17, 15) is 14.7 Å². The van der Waals surface area contributed by atoms with Crippen molar-refractivity contribution in [1.82, 2.24) is 4.90 Å². The van der Waals surface area contributed by atoms with Crippen LogP contribution in [0.5, 0.6) is 5.75 Å². The van der Waals surface area contributed by atoms with E-state index in [2.05, 4.69) is 15.9 Å². The Morgan fingerprint density at radius 3 is 2.64 bits per heavy atom. The Balaban J connectivity index is 1.86. The molecule has 1 unspecified atom stereocenters. The zero-order valence-electron chi connectivity index (χ0n) is 13.6. The van der Waals surface area contributed by atoms with Crippen LogP contribution in [0.4, 0.5) is 10.5 Å². The summed E-state index contributed by atoms with van der Waals surface area (Å²) < 4.78 is 6.06. The Bertz CT molecular complexity index is 794. The molecule has 2 aromatic carbocycles. The number of hydrogen-bond donors (Lipinski definition) is 1. The molecule has 0 radical (unpaired) electrons. The minimum Gasteiger partial charge on any atom is -0.497 e. The molecule has 6 nitrogen and oxygen atoms in total. The number of carbonyl (C=O) groups excluding carboxylic acids is 1. The molecule has 0 spiro atoms. The molecule has 130 valence electrons. The molecule has 0 bridgehead atoms. The van der Waals surface area contributed by atoms with Crippen LogP contribution in [-0.2, 0) is 11.3 Å². The van der Waals surface area contributed by atoms with Crippen molar-refractivity contribution in [1.29, 1.82) is 0 Å². The number of amides is 2. The van der Waals surface area contributed by atoms with E-state index in [0.29, 0.717) is 18.0 Å². The van der Waals surface area contributed by atoms with E-state index >= 15 is 0 Å². The predicted molar refractivity (Wildman–Crippen MR) is 96.8 cm³/mol. The highest BCUT2D eigenvalue weighted by atomic mass is 79.9. The van der Waals surface area contributed by atoms with Crippen molar-refractivity contribution in [3.63, 3.8) is 0 Å². The molecule has 1 aliphatic rings. The number of urea groups is 1. The molecule has 3 rings (SSSR count). The van der Waals surface area contributed by atoms with Crippen LogP contribution in [0.3, 0.4) is 0 Å². The van der Waals surface area contributed by atoms with Crippen molar-refractivity contribution in [2.45, 2.75) is 12.6 Å². The van der Waals surface area contributed by atoms with Gasteiger partial charge >= 0.3 is 12.0 Å². The van der Waals surface area contributed by atoms with Gasteiger partial charge in [0.15, 0.2) is 6.04 Å². The normalized spacial score (nSPS) is 17.0. The van der Waals surface area contributed by atoms with Crippen molar-refractivity contribution in [2.24, 2.45) is 0 Å². The van der Waals surface area contributed by atoms with Gasteiger partial charge in [-0.25, -0.2) is 9.59 Å². The first kappa shape index (κ1) is 17.3. The number of benzene rings is 2. The fourth-order valence-electron chi connectivity index (χ4n) is 2.86. The zero-order chi connectivity index (χ0) is 18.0. The molecule has 0 aromatic heterocycles. The van der Waals surface area contributed by atoms with E-state index in [1.807, 2.05) is 24.3 Å². The molecule has 0 saturated carbocycles. The molecule has 1 atom stereocenters. The average Bonchev–Trinajstić information content (AvgIpc) is 2.93. The van der Waals surface area contributed by atoms with E-state index in [4.69, 9.17) is 4.74 Å². The number of ether oxygens (including phenoxy) is 1. The summed E-state index contributed by atoms with van der Waals surface area (Å²) in [4.78, 5) is 27.3. The van der Waals surface area contributed by atoms with Crippen molar-refractivity contribution >= 4 is 33.6 Å². The summed E-state index contributed by atoms with van der Waals surface area (Å²) in [6, 6.07) is 13.2. The summed E-state index contributed by atoms with van der Waals surface area (Å²) in [6.07, 6.45) is 0. The van der Waals surface area contributed by atoms with Crippen LogP contribution in [0, 0.1) is 0 Å². The van der Waals surface area contributed by atoms with Gasteiger partial charge in [-0.1, -0.05) is 28.1 Å². The summed E-state index contributed by atoms with van der Waals surface area (Å²) >= 11 is 3.34. The predicted octanol–water partition coefficient (Wildman–Crippen LogP) is 3.35. The minimum atomic E-state index is -1.02. The van der Waals surface area contributed by atoms with Crippen LogP contribution in [0.2, 0.25) is 0 Å². The van der Waals surface area contributed by atoms with E-state index in [0.717, 1.165) is 10.0 Å². The van der Waals surface area contributed by atoms with Gasteiger partial charge < -0.3 is 14.7 Å². The lowest BCUT2D eigenvalue weighted by molar-refractivity contribution is -0.138. The van der Waals surface area contributed by atoms with Gasteiger partial charge in [0.1, 0.15) is 5.75 Å². The molecule has 1 heterocycles. The minimum absolute atomic E-state index is 0.126. The fourth-order valence-corrected chi connectivity index (χ4v) is 3.12. The van der Waals surface area contributed by atoms with Crippen molar-refractivity contribution in [2.75, 3.05) is 18.6 Å². The van der Waals surface area contributed by atoms with Crippen LogP contribution in [0.15, 0.2) is 53.0 Å². The van der Waals surface area contributed by atoms with Gasteiger partial charge in [0.25, 0.3) is 0 Å². The number of methoxy groups -OCH3 is 1. The first-order valence-corrected chi connectivity index (χ1v) is 8.48. The van der Waals surface area contributed by atoms with Gasteiger partial charge in [-0.2, -0.15) is 0 Å². The first-order valence-electron chi connectivity index (χ1n) is 7.69. The average molecular weight is 405 g/mol. The Labute approximate surface area is 153 Å². The Morgan fingerprint density at radius 2 is 2.00 bits per heavy atom. The number of rotatable bonds is 5. The Morgan fingerprint density at radius 1 is 1.28 bits per heavy atom. The van der Waals surface area contributed by atoms with Crippen molar-refractivity contribution in [3.8, 4) is 5.75 Å². The third kappa shape index (κ3) is 3.61.